The zero-order valence-electron chi connectivity index (χ0n) is 10.9. The van der Waals surface area contributed by atoms with Crippen LogP contribution >= 0.6 is 11.6 Å². The Morgan fingerprint density at radius 3 is 2.40 bits per heavy atom. The van der Waals surface area contributed by atoms with Crippen LogP contribution in [0.25, 0.3) is 0 Å². The van der Waals surface area contributed by atoms with Gasteiger partial charge in [0.05, 0.1) is 0 Å². The Morgan fingerprint density at radius 2 is 1.70 bits per heavy atom. The number of hydrogen-bond acceptors (Lipinski definition) is 2. The molecule has 0 amide bonds. The lowest BCUT2D eigenvalue weighted by Gasteiger charge is -2.07. The summed E-state index contributed by atoms with van der Waals surface area (Å²) in [6.07, 6.45) is 2.95. The first-order valence-electron chi connectivity index (χ1n) is 6.77. The van der Waals surface area contributed by atoms with Crippen LogP contribution in [0.15, 0.2) is 42.5 Å². The van der Waals surface area contributed by atoms with Crippen LogP contribution in [-0.4, -0.2) is 5.78 Å². The maximum absolute atomic E-state index is 12.2. The number of rotatable bonds is 2. The van der Waals surface area contributed by atoms with Crippen molar-refractivity contribution in [1.82, 2.24) is 0 Å². The molecule has 0 bridgehead atoms. The summed E-state index contributed by atoms with van der Waals surface area (Å²) >= 11 is 5.85. The van der Waals surface area contributed by atoms with Crippen molar-refractivity contribution in [3.8, 4) is 11.5 Å². The lowest BCUT2D eigenvalue weighted by Crippen LogP contribution is -2.08. The minimum absolute atomic E-state index is 0.0543. The fraction of sp³-hybridized carbons (Fsp3) is 0.235. The van der Waals surface area contributed by atoms with Crippen molar-refractivity contribution >= 4 is 17.4 Å². The summed E-state index contributed by atoms with van der Waals surface area (Å²) < 4.78 is 5.81. The number of carbonyl (C=O) groups is 1. The Bertz CT molecular complexity index is 699. The van der Waals surface area contributed by atoms with Gasteiger partial charge in [0, 0.05) is 16.0 Å². The normalized spacial score (nSPS) is 18.1. The monoisotopic (exact) mass is 284 g/mol. The van der Waals surface area contributed by atoms with Crippen LogP contribution in [0.4, 0.5) is 0 Å². The van der Waals surface area contributed by atoms with E-state index in [4.69, 9.17) is 16.3 Å². The number of benzene rings is 2. The maximum Gasteiger partial charge on any atom is 0.169 e. The molecule has 0 radical (unpaired) electrons. The number of hydrogen-bond donors (Lipinski definition) is 0. The van der Waals surface area contributed by atoms with Crippen molar-refractivity contribution in [2.75, 3.05) is 0 Å². The molecule has 4 rings (SSSR count). The summed E-state index contributed by atoms with van der Waals surface area (Å²) in [5.74, 6) is 1.85. The largest absolute Gasteiger partial charge is 0.457 e. The molecule has 2 aliphatic rings. The topological polar surface area (TPSA) is 26.3 Å². The third-order valence-corrected chi connectivity index (χ3v) is 4.49. The molecule has 1 fully saturated rings. The lowest BCUT2D eigenvalue weighted by atomic mass is 10.0. The van der Waals surface area contributed by atoms with Crippen molar-refractivity contribution in [2.45, 2.75) is 19.3 Å². The van der Waals surface area contributed by atoms with Crippen LogP contribution in [0.2, 0.25) is 5.02 Å². The third kappa shape index (κ3) is 1.83. The van der Waals surface area contributed by atoms with Gasteiger partial charge in [-0.3, -0.25) is 4.79 Å². The molecule has 0 unspecified atom stereocenters. The molecule has 3 heteroatoms. The molecule has 2 aromatic carbocycles. The van der Waals surface area contributed by atoms with Crippen LogP contribution in [0, 0.1) is 5.41 Å². The third-order valence-electron chi connectivity index (χ3n) is 4.23. The number of halogens is 1. The number of fused-ring (bicyclic) bond motifs is 1. The van der Waals surface area contributed by atoms with E-state index in [9.17, 15) is 4.79 Å². The molecular weight excluding hydrogens is 272 g/mol. The molecule has 2 aliphatic carbocycles. The van der Waals surface area contributed by atoms with E-state index in [1.54, 1.807) is 12.1 Å². The zero-order chi connectivity index (χ0) is 13.7. The van der Waals surface area contributed by atoms with Crippen LogP contribution in [0.3, 0.4) is 0 Å². The molecule has 20 heavy (non-hydrogen) atoms. The Balaban J connectivity index is 1.62. The molecule has 0 N–H and O–H groups in total. The van der Waals surface area contributed by atoms with Crippen LogP contribution in [0.5, 0.6) is 11.5 Å². The molecule has 2 aromatic rings. The van der Waals surface area contributed by atoms with Crippen molar-refractivity contribution in [3.63, 3.8) is 0 Å². The van der Waals surface area contributed by atoms with E-state index in [1.807, 2.05) is 30.3 Å². The fourth-order valence-corrected chi connectivity index (χ4v) is 3.05. The molecule has 0 atom stereocenters. The first kappa shape index (κ1) is 12.0. The van der Waals surface area contributed by atoms with Gasteiger partial charge in [0.15, 0.2) is 5.78 Å². The van der Waals surface area contributed by atoms with E-state index in [-0.39, 0.29) is 5.41 Å². The highest BCUT2D eigenvalue weighted by Crippen LogP contribution is 2.55. The van der Waals surface area contributed by atoms with Crippen LogP contribution < -0.4 is 4.74 Å². The Hall–Kier alpha value is -1.80. The van der Waals surface area contributed by atoms with Gasteiger partial charge in [0.25, 0.3) is 0 Å². The van der Waals surface area contributed by atoms with Crippen molar-refractivity contribution in [2.24, 2.45) is 5.41 Å². The molecule has 0 heterocycles. The van der Waals surface area contributed by atoms with E-state index in [0.717, 1.165) is 41.9 Å². The molecule has 0 aromatic heterocycles. The van der Waals surface area contributed by atoms with Gasteiger partial charge < -0.3 is 4.74 Å². The van der Waals surface area contributed by atoms with Gasteiger partial charge >= 0.3 is 0 Å². The Kier molecular flexibility index (Phi) is 2.45. The van der Waals surface area contributed by atoms with Gasteiger partial charge in [-0.15, -0.1) is 0 Å². The first-order chi connectivity index (χ1) is 9.66. The van der Waals surface area contributed by atoms with Crippen molar-refractivity contribution in [3.05, 3.63) is 58.6 Å². The second kappa shape index (κ2) is 4.10. The minimum Gasteiger partial charge on any atom is -0.457 e. The average Bonchev–Trinajstić information content (AvgIpc) is 3.16. The van der Waals surface area contributed by atoms with Crippen molar-refractivity contribution in [1.29, 1.82) is 0 Å². The van der Waals surface area contributed by atoms with Gasteiger partial charge in [0.2, 0.25) is 0 Å². The number of carbonyl (C=O) groups excluding carboxylic acids is 1. The maximum atomic E-state index is 12.2. The van der Waals surface area contributed by atoms with Gasteiger partial charge in [-0.25, -0.2) is 0 Å². The highest BCUT2D eigenvalue weighted by Gasteiger charge is 2.54. The highest BCUT2D eigenvalue weighted by atomic mass is 35.5. The average molecular weight is 285 g/mol. The standard InChI is InChI=1S/C17H13ClO2/c18-12-1-3-13(4-2-12)20-14-5-6-15-11(9-14)10-17(7-8-17)16(15)19/h1-6,9H,7-8,10H2. The summed E-state index contributed by atoms with van der Waals surface area (Å²) in [5.41, 5.74) is 1.95. The van der Waals surface area contributed by atoms with Crippen LogP contribution in [0.1, 0.15) is 28.8 Å². The second-order valence-corrected chi connectivity index (χ2v) is 6.10. The lowest BCUT2D eigenvalue weighted by molar-refractivity contribution is 0.0919. The summed E-state index contributed by atoms with van der Waals surface area (Å²) in [7, 11) is 0. The van der Waals surface area contributed by atoms with Crippen LogP contribution in [-0.2, 0) is 6.42 Å². The van der Waals surface area contributed by atoms with E-state index >= 15 is 0 Å². The fourth-order valence-electron chi connectivity index (χ4n) is 2.93. The van der Waals surface area contributed by atoms with Gasteiger partial charge in [-0.1, -0.05) is 11.6 Å². The first-order valence-corrected chi connectivity index (χ1v) is 7.15. The summed E-state index contributed by atoms with van der Waals surface area (Å²) in [4.78, 5) is 12.2. The molecular formula is C17H13ClO2. The van der Waals surface area contributed by atoms with E-state index < -0.39 is 0 Å². The second-order valence-electron chi connectivity index (χ2n) is 5.66. The highest BCUT2D eigenvalue weighted by molar-refractivity contribution is 6.30. The van der Waals surface area contributed by atoms with E-state index in [1.165, 1.54) is 0 Å². The molecule has 100 valence electrons. The Labute approximate surface area is 122 Å². The quantitative estimate of drug-likeness (QED) is 0.802. The van der Waals surface area contributed by atoms with E-state index in [0.29, 0.717) is 10.8 Å². The zero-order valence-corrected chi connectivity index (χ0v) is 11.6. The van der Waals surface area contributed by atoms with Gasteiger partial charge in [-0.05, 0) is 67.3 Å². The number of ether oxygens (including phenoxy) is 1. The predicted octanol–water partition coefficient (Wildman–Crippen LogP) is 4.65. The number of ketones is 1. The molecule has 1 spiro atoms. The summed E-state index contributed by atoms with van der Waals surface area (Å²) in [6.45, 7) is 0. The smallest absolute Gasteiger partial charge is 0.169 e. The molecule has 0 saturated heterocycles. The molecule has 0 aliphatic heterocycles. The number of Topliss-reactive ketones (excluding diaryl/α,β-unsaturated/α-hetero) is 1. The Morgan fingerprint density at radius 1 is 1.00 bits per heavy atom. The molecule has 1 saturated carbocycles. The summed E-state index contributed by atoms with van der Waals surface area (Å²) in [5, 5.41) is 0.688. The summed E-state index contributed by atoms with van der Waals surface area (Å²) in [6, 6.07) is 13.0. The van der Waals surface area contributed by atoms with E-state index in [2.05, 4.69) is 0 Å². The van der Waals surface area contributed by atoms with Gasteiger partial charge in [-0.2, -0.15) is 0 Å². The van der Waals surface area contributed by atoms with Crippen molar-refractivity contribution < 1.29 is 9.53 Å². The molecule has 2 nitrogen and oxygen atoms in total. The van der Waals surface area contributed by atoms with Gasteiger partial charge in [0.1, 0.15) is 11.5 Å². The minimum atomic E-state index is -0.0543. The SMILES string of the molecule is O=C1c2ccc(Oc3ccc(Cl)cc3)cc2CC12CC2. The predicted molar refractivity (Wildman–Crippen MR) is 77.7 cm³/mol.